The predicted molar refractivity (Wildman–Crippen MR) is 139 cm³/mol. The molecule has 2 saturated heterocycles. The molecule has 2 aliphatic heterocycles. The standard InChI is InChI=1S/C24H22Cl4N2O8/c25-11-16(31)35-19-18(37-23(32)30-14-9-5-2-6-10-14)17-15(34-21(19)38-22(29)24(26,27)28)12-33-20(36-17)13-7-3-1-4-8-13/h1-10,15,17-21,29H,11-12H2,(H,30,32)/t15-,17-,18+,19-,20-,21?/m1/s1. The molecule has 0 spiro atoms. The number of rotatable bonds is 6. The summed E-state index contributed by atoms with van der Waals surface area (Å²) in [7, 11) is 0. The molecule has 0 aromatic heterocycles. The van der Waals surface area contributed by atoms with Gasteiger partial charge in [-0.2, -0.15) is 0 Å². The minimum absolute atomic E-state index is 0.0263. The second kappa shape index (κ2) is 12.7. The molecule has 14 heteroatoms. The van der Waals surface area contributed by atoms with E-state index in [9.17, 15) is 9.59 Å². The van der Waals surface area contributed by atoms with E-state index in [0.29, 0.717) is 11.3 Å². The first kappa shape index (κ1) is 28.7. The number of ether oxygens (including phenoxy) is 6. The Labute approximate surface area is 237 Å². The smallest absolute Gasteiger partial charge is 0.412 e. The number of benzene rings is 2. The van der Waals surface area contributed by atoms with Gasteiger partial charge in [0.05, 0.1) is 6.61 Å². The zero-order valence-corrected chi connectivity index (χ0v) is 22.5. The van der Waals surface area contributed by atoms with Crippen molar-refractivity contribution in [1.29, 1.82) is 5.41 Å². The van der Waals surface area contributed by atoms with Gasteiger partial charge in [0.25, 0.3) is 3.79 Å². The van der Waals surface area contributed by atoms with E-state index < -0.39 is 64.6 Å². The molecular weight excluding hydrogens is 586 g/mol. The van der Waals surface area contributed by atoms with Gasteiger partial charge in [0.2, 0.25) is 18.3 Å². The van der Waals surface area contributed by atoms with Crippen molar-refractivity contribution in [2.24, 2.45) is 0 Å². The summed E-state index contributed by atoms with van der Waals surface area (Å²) in [6.45, 7) is -0.0263. The molecule has 38 heavy (non-hydrogen) atoms. The van der Waals surface area contributed by atoms with Gasteiger partial charge in [-0.15, -0.1) is 11.6 Å². The van der Waals surface area contributed by atoms with Crippen molar-refractivity contribution in [3.63, 3.8) is 0 Å². The fourth-order valence-electron chi connectivity index (χ4n) is 3.84. The number of anilines is 1. The Bertz CT molecular complexity index is 1120. The molecule has 1 unspecified atom stereocenters. The van der Waals surface area contributed by atoms with Gasteiger partial charge in [0, 0.05) is 11.3 Å². The van der Waals surface area contributed by atoms with Gasteiger partial charge in [-0.3, -0.25) is 15.5 Å². The average Bonchev–Trinajstić information content (AvgIpc) is 2.90. The summed E-state index contributed by atoms with van der Waals surface area (Å²) >= 11 is 23.0. The van der Waals surface area contributed by atoms with Crippen LogP contribution in [0.1, 0.15) is 11.9 Å². The topological polar surface area (TPSA) is 125 Å². The van der Waals surface area contributed by atoms with Crippen molar-refractivity contribution in [3.8, 4) is 0 Å². The highest BCUT2D eigenvalue weighted by Crippen LogP contribution is 2.38. The second-order valence-electron chi connectivity index (χ2n) is 8.11. The van der Waals surface area contributed by atoms with Crippen molar-refractivity contribution >= 4 is 70.1 Å². The Morgan fingerprint density at radius 1 is 0.947 bits per heavy atom. The Morgan fingerprint density at radius 2 is 1.61 bits per heavy atom. The Balaban J connectivity index is 1.64. The monoisotopic (exact) mass is 606 g/mol. The summed E-state index contributed by atoms with van der Waals surface area (Å²) < 4.78 is 32.2. The Morgan fingerprint density at radius 3 is 2.24 bits per heavy atom. The van der Waals surface area contributed by atoms with Gasteiger partial charge in [-0.05, 0) is 12.1 Å². The Kier molecular flexibility index (Phi) is 9.59. The first-order valence-electron chi connectivity index (χ1n) is 11.2. The van der Waals surface area contributed by atoms with E-state index in [1.165, 1.54) is 0 Å². The van der Waals surface area contributed by atoms with Crippen LogP contribution in [0.25, 0.3) is 0 Å². The third kappa shape index (κ3) is 7.20. The number of esters is 1. The van der Waals surface area contributed by atoms with Crippen molar-refractivity contribution in [2.75, 3.05) is 17.8 Å². The van der Waals surface area contributed by atoms with Gasteiger partial charge < -0.3 is 28.4 Å². The van der Waals surface area contributed by atoms with E-state index >= 15 is 0 Å². The van der Waals surface area contributed by atoms with Crippen LogP contribution in [0.5, 0.6) is 0 Å². The minimum Gasteiger partial charge on any atom is -0.451 e. The molecule has 204 valence electrons. The van der Waals surface area contributed by atoms with Crippen LogP contribution in [-0.2, 0) is 33.2 Å². The third-order valence-corrected chi connectivity index (χ3v) is 6.22. The molecule has 0 aliphatic carbocycles. The predicted octanol–water partition coefficient (Wildman–Crippen LogP) is 4.96. The SMILES string of the molecule is N=C(OC1O[C@@H]2CO[C@@H](c3ccccc3)O[C@H]2[C@H](OC(=O)Nc2ccccc2)[C@H]1OC(=O)CCl)C(Cl)(Cl)Cl. The van der Waals surface area contributed by atoms with Crippen molar-refractivity contribution < 1.29 is 38.0 Å². The zero-order valence-electron chi connectivity index (χ0n) is 19.4. The number of alkyl halides is 4. The first-order chi connectivity index (χ1) is 18.2. The Hall–Kier alpha value is -2.31. The maximum atomic E-state index is 12.9. The molecule has 0 radical (unpaired) electrons. The summed E-state index contributed by atoms with van der Waals surface area (Å²) in [5.74, 6) is -2.22. The fourth-order valence-corrected chi connectivity index (χ4v) is 4.04. The number of nitrogens with one attached hydrogen (secondary N) is 2. The maximum absolute atomic E-state index is 12.9. The molecule has 10 nitrogen and oxygen atoms in total. The molecule has 2 fully saturated rings. The zero-order chi connectivity index (χ0) is 27.3. The van der Waals surface area contributed by atoms with E-state index in [1.54, 1.807) is 42.5 Å². The number of para-hydroxylation sites is 1. The van der Waals surface area contributed by atoms with Crippen molar-refractivity contribution in [1.82, 2.24) is 0 Å². The highest BCUT2D eigenvalue weighted by Gasteiger charge is 2.55. The van der Waals surface area contributed by atoms with Gasteiger partial charge >= 0.3 is 12.1 Å². The lowest BCUT2D eigenvalue weighted by Gasteiger charge is -2.48. The molecule has 1 amide bonds. The normalized spacial score (nSPS) is 26.9. The lowest BCUT2D eigenvalue weighted by molar-refractivity contribution is -0.351. The molecule has 6 atom stereocenters. The van der Waals surface area contributed by atoms with E-state index in [0.717, 1.165) is 0 Å². The van der Waals surface area contributed by atoms with Gasteiger partial charge in [-0.1, -0.05) is 83.3 Å². The van der Waals surface area contributed by atoms with Gasteiger partial charge in [0.1, 0.15) is 18.1 Å². The molecular formula is C24H22Cl4N2O8. The van der Waals surface area contributed by atoms with E-state index in [2.05, 4.69) is 5.32 Å². The van der Waals surface area contributed by atoms with Crippen LogP contribution < -0.4 is 5.32 Å². The van der Waals surface area contributed by atoms with Crippen molar-refractivity contribution in [3.05, 3.63) is 66.2 Å². The summed E-state index contributed by atoms with van der Waals surface area (Å²) in [4.78, 5) is 25.2. The quantitative estimate of drug-likeness (QED) is 0.204. The average molecular weight is 608 g/mol. The molecule has 2 heterocycles. The van der Waals surface area contributed by atoms with Crippen molar-refractivity contribution in [2.45, 2.75) is 40.8 Å². The van der Waals surface area contributed by atoms with Crippen LogP contribution in [0.4, 0.5) is 10.5 Å². The second-order valence-corrected chi connectivity index (χ2v) is 10.7. The molecule has 0 bridgehead atoms. The number of hydrogen-bond acceptors (Lipinski definition) is 9. The number of amides is 1. The number of carbonyl (C=O) groups excluding carboxylic acids is 2. The minimum atomic E-state index is -2.25. The number of hydrogen-bond donors (Lipinski definition) is 2. The summed E-state index contributed by atoms with van der Waals surface area (Å²) in [6, 6.07) is 17.6. The molecule has 4 rings (SSSR count). The van der Waals surface area contributed by atoms with Crippen LogP contribution in [0, 0.1) is 5.41 Å². The maximum Gasteiger partial charge on any atom is 0.412 e. The highest BCUT2D eigenvalue weighted by molar-refractivity contribution is 6.76. The van der Waals surface area contributed by atoms with E-state index in [4.69, 9.17) is 80.2 Å². The van der Waals surface area contributed by atoms with E-state index in [-0.39, 0.29) is 6.61 Å². The van der Waals surface area contributed by atoms with Gasteiger partial charge in [-0.25, -0.2) is 4.79 Å². The van der Waals surface area contributed by atoms with Crippen LogP contribution in [-0.4, -0.2) is 64.9 Å². The van der Waals surface area contributed by atoms with Crippen LogP contribution in [0.2, 0.25) is 0 Å². The summed E-state index contributed by atoms with van der Waals surface area (Å²) in [5, 5.41) is 10.6. The van der Waals surface area contributed by atoms with Crippen LogP contribution in [0.15, 0.2) is 60.7 Å². The van der Waals surface area contributed by atoms with Crippen LogP contribution >= 0.6 is 46.4 Å². The lowest BCUT2D eigenvalue weighted by Crippen LogP contribution is -2.65. The number of fused-ring (bicyclic) bond motifs is 1. The number of carbonyl (C=O) groups is 2. The molecule has 2 aromatic carbocycles. The first-order valence-corrected chi connectivity index (χ1v) is 12.9. The fraction of sp³-hybridized carbons (Fsp3) is 0.375. The molecule has 2 aliphatic rings. The summed E-state index contributed by atoms with van der Waals surface area (Å²) in [6.07, 6.45) is -7.92. The highest BCUT2D eigenvalue weighted by atomic mass is 35.6. The largest absolute Gasteiger partial charge is 0.451 e. The summed E-state index contributed by atoms with van der Waals surface area (Å²) in [5.41, 5.74) is 1.15. The lowest BCUT2D eigenvalue weighted by atomic mass is 9.97. The molecule has 2 N–H and O–H groups in total. The van der Waals surface area contributed by atoms with E-state index in [1.807, 2.05) is 18.2 Å². The van der Waals surface area contributed by atoms with Crippen LogP contribution in [0.3, 0.4) is 0 Å². The molecule has 0 saturated carbocycles. The van der Waals surface area contributed by atoms with Gasteiger partial charge in [0.15, 0.2) is 12.4 Å². The molecule has 2 aromatic rings. The number of halogens is 4. The third-order valence-electron chi connectivity index (χ3n) is 5.49.